The molecule has 0 aromatic carbocycles. The first-order valence-corrected chi connectivity index (χ1v) is 10.5. The van der Waals surface area contributed by atoms with Gasteiger partial charge in [-0.05, 0) is 25.3 Å². The Bertz CT molecular complexity index is 554. The summed E-state index contributed by atoms with van der Waals surface area (Å²) in [5.41, 5.74) is 2.85. The van der Waals surface area contributed by atoms with Gasteiger partial charge in [0.05, 0.1) is 12.2 Å². The van der Waals surface area contributed by atoms with Gasteiger partial charge in [-0.1, -0.05) is 50.9 Å². The first-order chi connectivity index (χ1) is 12.4. The minimum Gasteiger partial charge on any atom is -0.460 e. The van der Waals surface area contributed by atoms with Gasteiger partial charge < -0.3 is 14.2 Å². The second kappa shape index (κ2) is 12.5. The van der Waals surface area contributed by atoms with E-state index in [1.54, 1.807) is 11.1 Å². The van der Waals surface area contributed by atoms with Crippen LogP contribution in [0.15, 0.2) is 28.9 Å². The predicted octanol–water partition coefficient (Wildman–Crippen LogP) is 4.58. The van der Waals surface area contributed by atoms with E-state index in [-0.39, 0.29) is 17.0 Å². The molecule has 0 aromatic rings. The lowest BCUT2D eigenvalue weighted by Crippen LogP contribution is -2.39. The van der Waals surface area contributed by atoms with Crippen LogP contribution in [0.5, 0.6) is 0 Å². The number of carbonyl (C=O) groups is 2. The van der Waals surface area contributed by atoms with E-state index in [9.17, 15) is 9.59 Å². The summed E-state index contributed by atoms with van der Waals surface area (Å²) in [6.45, 7) is 4.80. The molecule has 26 heavy (non-hydrogen) atoms. The van der Waals surface area contributed by atoms with E-state index in [1.165, 1.54) is 13.8 Å². The van der Waals surface area contributed by atoms with Crippen molar-refractivity contribution in [2.45, 2.75) is 75.7 Å². The van der Waals surface area contributed by atoms with Crippen LogP contribution < -0.4 is 0 Å². The highest BCUT2D eigenvalue weighted by atomic mass is 79.9. The Morgan fingerprint density at radius 1 is 1.23 bits per heavy atom. The maximum atomic E-state index is 11.6. The molecule has 1 heterocycles. The van der Waals surface area contributed by atoms with Gasteiger partial charge in [0.2, 0.25) is 0 Å². The number of hydrogen-bond donors (Lipinski definition) is 0. The molecule has 7 heteroatoms. The number of ether oxygens (including phenoxy) is 3. The summed E-state index contributed by atoms with van der Waals surface area (Å²) < 4.78 is 17.1. The number of esters is 2. The van der Waals surface area contributed by atoms with E-state index in [2.05, 4.69) is 50.6 Å². The summed E-state index contributed by atoms with van der Waals surface area (Å²) >= 11 is 6.79. The third-order valence-electron chi connectivity index (χ3n) is 3.91. The lowest BCUT2D eigenvalue weighted by atomic mass is 10.0. The van der Waals surface area contributed by atoms with Crippen molar-refractivity contribution in [3.05, 3.63) is 28.9 Å². The molecule has 0 aromatic heterocycles. The standard InChI is InChI=1S/C19H26Br2O5/c1-4-16(21)17-9-5-6-10-18(26-17)19(25-14(3)23)12-15(8-7-11-20)24-13(2)22/h5-6,8,11,15-19H,4,9-10,12H2,1-3H3/t7?,15-,16?,17-,18+,19+/m1/s1. The third-order valence-corrected chi connectivity index (χ3v) is 5.41. The molecule has 0 N–H and O–H groups in total. The summed E-state index contributed by atoms with van der Waals surface area (Å²) in [4.78, 5) is 24.8. The van der Waals surface area contributed by atoms with E-state index in [0.29, 0.717) is 12.8 Å². The zero-order valence-electron chi connectivity index (χ0n) is 15.3. The van der Waals surface area contributed by atoms with Gasteiger partial charge in [-0.25, -0.2) is 0 Å². The van der Waals surface area contributed by atoms with Crippen LogP contribution in [-0.4, -0.2) is 41.2 Å². The van der Waals surface area contributed by atoms with Gasteiger partial charge in [-0.15, -0.1) is 5.73 Å². The Labute approximate surface area is 172 Å². The Balaban J connectivity index is 2.98. The summed E-state index contributed by atoms with van der Waals surface area (Å²) in [6.07, 6.45) is 7.00. The third kappa shape index (κ3) is 8.67. The summed E-state index contributed by atoms with van der Waals surface area (Å²) in [7, 11) is 0. The van der Waals surface area contributed by atoms with Crippen molar-refractivity contribution in [2.75, 3.05) is 0 Å². The lowest BCUT2D eigenvalue weighted by Gasteiger charge is -2.31. The van der Waals surface area contributed by atoms with Crippen LogP contribution >= 0.6 is 31.9 Å². The highest BCUT2D eigenvalue weighted by Crippen LogP contribution is 2.27. The highest BCUT2D eigenvalue weighted by Gasteiger charge is 2.32. The molecule has 0 aliphatic carbocycles. The molecule has 0 fully saturated rings. The predicted molar refractivity (Wildman–Crippen MR) is 107 cm³/mol. The molecule has 5 nitrogen and oxygen atoms in total. The molecule has 1 aliphatic rings. The molecule has 0 saturated carbocycles. The lowest BCUT2D eigenvalue weighted by molar-refractivity contribution is -0.163. The van der Waals surface area contributed by atoms with Crippen molar-refractivity contribution in [3.8, 4) is 0 Å². The zero-order chi connectivity index (χ0) is 19.5. The van der Waals surface area contributed by atoms with Gasteiger partial charge in [-0.2, -0.15) is 0 Å². The van der Waals surface area contributed by atoms with Gasteiger partial charge in [-0.3, -0.25) is 9.59 Å². The van der Waals surface area contributed by atoms with Crippen molar-refractivity contribution in [1.29, 1.82) is 0 Å². The average molecular weight is 494 g/mol. The van der Waals surface area contributed by atoms with E-state index < -0.39 is 24.1 Å². The molecule has 0 radical (unpaired) electrons. The summed E-state index contributed by atoms with van der Waals surface area (Å²) in [5.74, 6) is -0.800. The number of rotatable bonds is 8. The summed E-state index contributed by atoms with van der Waals surface area (Å²) in [6, 6.07) is 0. The molecule has 0 saturated heterocycles. The smallest absolute Gasteiger partial charge is 0.303 e. The van der Waals surface area contributed by atoms with Crippen molar-refractivity contribution in [1.82, 2.24) is 0 Å². The molecule has 1 rings (SSSR count). The monoisotopic (exact) mass is 492 g/mol. The molecule has 146 valence electrons. The zero-order valence-corrected chi connectivity index (χ0v) is 18.5. The van der Waals surface area contributed by atoms with Crippen molar-refractivity contribution < 1.29 is 23.8 Å². The minimum atomic E-state index is -0.564. The van der Waals surface area contributed by atoms with Gasteiger partial charge in [0, 0.05) is 30.1 Å². The van der Waals surface area contributed by atoms with Gasteiger partial charge >= 0.3 is 11.9 Å². The average Bonchev–Trinajstić information content (AvgIpc) is 2.83. The van der Waals surface area contributed by atoms with Crippen LogP contribution in [-0.2, 0) is 23.8 Å². The van der Waals surface area contributed by atoms with Gasteiger partial charge in [0.1, 0.15) is 12.2 Å². The molecule has 5 atom stereocenters. The SMILES string of the molecule is CCC(Br)[C@H]1CC=CC[C@@H]([C@H](C[C@@H](C=C=CBr)OC(C)=O)OC(C)=O)O1. The quantitative estimate of drug-likeness (QED) is 0.214. The number of carbonyl (C=O) groups excluding carboxylic acids is 2. The van der Waals surface area contributed by atoms with Gasteiger partial charge in [0.15, 0.2) is 0 Å². The largest absolute Gasteiger partial charge is 0.460 e. The summed E-state index contributed by atoms with van der Waals surface area (Å²) in [5, 5.41) is 0. The molecule has 0 amide bonds. The van der Waals surface area contributed by atoms with Crippen LogP contribution in [0.3, 0.4) is 0 Å². The van der Waals surface area contributed by atoms with E-state index in [0.717, 1.165) is 12.8 Å². The second-order valence-electron chi connectivity index (χ2n) is 6.05. The Morgan fingerprint density at radius 2 is 1.85 bits per heavy atom. The maximum Gasteiger partial charge on any atom is 0.303 e. The maximum absolute atomic E-state index is 11.6. The van der Waals surface area contributed by atoms with E-state index >= 15 is 0 Å². The van der Waals surface area contributed by atoms with E-state index in [1.807, 2.05) is 6.08 Å². The second-order valence-corrected chi connectivity index (χ2v) is 7.69. The Morgan fingerprint density at radius 3 is 2.38 bits per heavy atom. The van der Waals surface area contributed by atoms with Crippen LogP contribution in [0.1, 0.15) is 46.5 Å². The van der Waals surface area contributed by atoms with Crippen LogP contribution in [0, 0.1) is 0 Å². The highest BCUT2D eigenvalue weighted by molar-refractivity contribution is 9.11. The number of hydrogen-bond acceptors (Lipinski definition) is 5. The van der Waals surface area contributed by atoms with E-state index in [4.69, 9.17) is 14.2 Å². The minimum absolute atomic E-state index is 0.00744. The first kappa shape index (κ1) is 23.2. The first-order valence-electron chi connectivity index (χ1n) is 8.67. The topological polar surface area (TPSA) is 61.8 Å². The number of halogens is 2. The normalized spacial score (nSPS) is 23.0. The molecule has 1 unspecified atom stereocenters. The molecule has 1 aliphatic heterocycles. The van der Waals surface area contributed by atoms with Crippen molar-refractivity contribution >= 4 is 43.8 Å². The van der Waals surface area contributed by atoms with Crippen molar-refractivity contribution in [3.63, 3.8) is 0 Å². The Hall–Kier alpha value is -0.880. The number of alkyl halides is 1. The molecular weight excluding hydrogens is 468 g/mol. The van der Waals surface area contributed by atoms with Crippen molar-refractivity contribution in [2.24, 2.45) is 0 Å². The molecular formula is C19H26Br2O5. The fraction of sp³-hybridized carbons (Fsp3) is 0.632. The Kier molecular flexibility index (Phi) is 11.1. The fourth-order valence-corrected chi connectivity index (χ4v) is 3.25. The molecule has 0 spiro atoms. The van der Waals surface area contributed by atoms with Crippen LogP contribution in [0.25, 0.3) is 0 Å². The molecule has 0 bridgehead atoms. The van der Waals surface area contributed by atoms with Crippen LogP contribution in [0.2, 0.25) is 0 Å². The van der Waals surface area contributed by atoms with Crippen LogP contribution in [0.4, 0.5) is 0 Å². The fourth-order valence-electron chi connectivity index (χ4n) is 2.76. The van der Waals surface area contributed by atoms with Gasteiger partial charge in [0.25, 0.3) is 0 Å².